The maximum atomic E-state index is 13.4. The van der Waals surface area contributed by atoms with Crippen molar-refractivity contribution in [3.05, 3.63) is 70.8 Å². The number of hydrogen-bond acceptors (Lipinski definition) is 3. The molecule has 172 valence electrons. The highest BCUT2D eigenvalue weighted by Gasteiger charge is 2.31. The number of aryl methyl sites for hydroxylation is 1. The number of rotatable bonds is 8. The third kappa shape index (κ3) is 5.60. The fourth-order valence-corrected chi connectivity index (χ4v) is 5.44. The average molecular weight is 434 g/mol. The van der Waals surface area contributed by atoms with Crippen molar-refractivity contribution in [2.24, 2.45) is 5.92 Å². The van der Waals surface area contributed by atoms with Crippen LogP contribution in [0.4, 0.5) is 0 Å². The van der Waals surface area contributed by atoms with Crippen molar-refractivity contribution in [3.8, 4) is 0 Å². The van der Waals surface area contributed by atoms with Gasteiger partial charge in [-0.25, -0.2) is 0 Å². The summed E-state index contributed by atoms with van der Waals surface area (Å²) in [4.78, 5) is 20.5. The van der Waals surface area contributed by atoms with E-state index in [-0.39, 0.29) is 5.91 Å². The third-order valence-electron chi connectivity index (χ3n) is 7.37. The normalized spacial score (nSPS) is 17.6. The number of fused-ring (bicyclic) bond motifs is 1. The molecule has 4 rings (SSSR count). The highest BCUT2D eigenvalue weighted by atomic mass is 16.2. The minimum Gasteiger partial charge on any atom is -0.338 e. The van der Waals surface area contributed by atoms with Gasteiger partial charge in [0.05, 0.1) is 0 Å². The predicted octanol–water partition coefficient (Wildman–Crippen LogP) is 4.27. The summed E-state index contributed by atoms with van der Waals surface area (Å²) in [7, 11) is 4.20. The molecule has 1 saturated heterocycles. The molecule has 1 fully saturated rings. The van der Waals surface area contributed by atoms with Crippen molar-refractivity contribution in [1.29, 1.82) is 0 Å². The van der Waals surface area contributed by atoms with Gasteiger partial charge in [-0.15, -0.1) is 0 Å². The van der Waals surface area contributed by atoms with E-state index in [0.29, 0.717) is 12.0 Å². The van der Waals surface area contributed by atoms with Crippen molar-refractivity contribution < 1.29 is 4.79 Å². The van der Waals surface area contributed by atoms with Gasteiger partial charge < -0.3 is 9.80 Å². The molecule has 0 unspecified atom stereocenters. The van der Waals surface area contributed by atoms with Crippen LogP contribution in [0.15, 0.2) is 48.5 Å². The van der Waals surface area contributed by atoms with E-state index in [2.05, 4.69) is 53.1 Å². The standard InChI is InChI=1S/C28H39N3O/c1-22-9-4-7-12-27(22)28(32)31(16-8-15-29(2)3)21-23-13-17-30(18-14-23)26-19-24-10-5-6-11-25(24)20-26/h4-7,9-12,23,26H,8,13-21H2,1-3H3. The van der Waals surface area contributed by atoms with Crippen molar-refractivity contribution in [1.82, 2.24) is 14.7 Å². The van der Waals surface area contributed by atoms with Gasteiger partial charge in [-0.3, -0.25) is 9.69 Å². The maximum absolute atomic E-state index is 13.4. The Balaban J connectivity index is 1.34. The average Bonchev–Trinajstić information content (AvgIpc) is 3.23. The number of hydrogen-bond donors (Lipinski definition) is 0. The molecule has 32 heavy (non-hydrogen) atoms. The van der Waals surface area contributed by atoms with Crippen LogP contribution in [0.25, 0.3) is 0 Å². The Morgan fingerprint density at radius 1 is 0.938 bits per heavy atom. The minimum atomic E-state index is 0.204. The molecule has 1 aliphatic carbocycles. The summed E-state index contributed by atoms with van der Waals surface area (Å²) in [6, 6.07) is 17.6. The van der Waals surface area contributed by atoms with Crippen LogP contribution in [-0.2, 0) is 12.8 Å². The van der Waals surface area contributed by atoms with E-state index in [1.807, 2.05) is 31.2 Å². The summed E-state index contributed by atoms with van der Waals surface area (Å²) >= 11 is 0. The SMILES string of the molecule is Cc1ccccc1C(=O)N(CCCN(C)C)CC1CCN(C2Cc3ccccc3C2)CC1. The topological polar surface area (TPSA) is 26.8 Å². The van der Waals surface area contributed by atoms with Crippen LogP contribution in [0.2, 0.25) is 0 Å². The Morgan fingerprint density at radius 2 is 1.56 bits per heavy atom. The van der Waals surface area contributed by atoms with Crippen LogP contribution in [0, 0.1) is 12.8 Å². The lowest BCUT2D eigenvalue weighted by Gasteiger charge is -2.38. The third-order valence-corrected chi connectivity index (χ3v) is 7.37. The number of likely N-dealkylation sites (tertiary alicyclic amines) is 1. The molecule has 2 aromatic carbocycles. The number of nitrogens with zero attached hydrogens (tertiary/aromatic N) is 3. The molecule has 0 spiro atoms. The summed E-state index contributed by atoms with van der Waals surface area (Å²) in [5.74, 6) is 0.804. The van der Waals surface area contributed by atoms with Crippen LogP contribution in [0.1, 0.15) is 46.3 Å². The summed E-state index contributed by atoms with van der Waals surface area (Å²) in [6.07, 6.45) is 5.80. The fourth-order valence-electron chi connectivity index (χ4n) is 5.44. The Hall–Kier alpha value is -2.17. The second-order valence-electron chi connectivity index (χ2n) is 10.0. The van der Waals surface area contributed by atoms with Gasteiger partial charge in [0.2, 0.25) is 0 Å². The monoisotopic (exact) mass is 433 g/mol. The highest BCUT2D eigenvalue weighted by Crippen LogP contribution is 2.29. The lowest BCUT2D eigenvalue weighted by Crippen LogP contribution is -2.45. The first-order chi connectivity index (χ1) is 15.5. The van der Waals surface area contributed by atoms with Gasteiger partial charge in [0.15, 0.2) is 0 Å². The van der Waals surface area contributed by atoms with Gasteiger partial charge in [0.25, 0.3) is 5.91 Å². The van der Waals surface area contributed by atoms with Gasteiger partial charge in [-0.1, -0.05) is 42.5 Å². The molecule has 0 saturated carbocycles. The molecule has 4 heteroatoms. The predicted molar refractivity (Wildman–Crippen MR) is 132 cm³/mol. The van der Waals surface area contributed by atoms with Crippen LogP contribution >= 0.6 is 0 Å². The maximum Gasteiger partial charge on any atom is 0.254 e. The van der Waals surface area contributed by atoms with Crippen LogP contribution < -0.4 is 0 Å². The smallest absolute Gasteiger partial charge is 0.254 e. The molecule has 4 nitrogen and oxygen atoms in total. The fraction of sp³-hybridized carbons (Fsp3) is 0.536. The van der Waals surface area contributed by atoms with Crippen LogP contribution in [0.5, 0.6) is 0 Å². The lowest BCUT2D eigenvalue weighted by atomic mass is 9.94. The van der Waals surface area contributed by atoms with Crippen molar-refractivity contribution in [2.45, 2.75) is 45.1 Å². The van der Waals surface area contributed by atoms with E-state index in [1.54, 1.807) is 0 Å². The van der Waals surface area contributed by atoms with Crippen molar-refractivity contribution in [2.75, 3.05) is 46.8 Å². The quantitative estimate of drug-likeness (QED) is 0.622. The van der Waals surface area contributed by atoms with E-state index in [9.17, 15) is 4.79 Å². The number of amides is 1. The van der Waals surface area contributed by atoms with E-state index in [4.69, 9.17) is 0 Å². The molecular formula is C28H39N3O. The van der Waals surface area contributed by atoms with Gasteiger partial charge in [0.1, 0.15) is 0 Å². The number of carbonyl (C=O) groups excluding carboxylic acids is 1. The zero-order chi connectivity index (χ0) is 22.5. The molecule has 1 aliphatic heterocycles. The summed E-state index contributed by atoms with van der Waals surface area (Å²) in [5.41, 5.74) is 5.01. The lowest BCUT2D eigenvalue weighted by molar-refractivity contribution is 0.0660. The summed E-state index contributed by atoms with van der Waals surface area (Å²) in [6.45, 7) is 7.10. The number of benzene rings is 2. The minimum absolute atomic E-state index is 0.204. The molecule has 0 N–H and O–H groups in total. The molecule has 0 atom stereocenters. The van der Waals surface area contributed by atoms with Crippen LogP contribution in [0.3, 0.4) is 0 Å². The first kappa shape index (κ1) is 23.0. The van der Waals surface area contributed by atoms with E-state index < -0.39 is 0 Å². The first-order valence-corrected chi connectivity index (χ1v) is 12.3. The first-order valence-electron chi connectivity index (χ1n) is 12.3. The van der Waals surface area contributed by atoms with Crippen LogP contribution in [-0.4, -0.2) is 73.5 Å². The molecule has 1 heterocycles. The molecule has 0 aromatic heterocycles. The van der Waals surface area contributed by atoms with E-state index in [0.717, 1.165) is 50.3 Å². The largest absolute Gasteiger partial charge is 0.338 e. The van der Waals surface area contributed by atoms with Gasteiger partial charge >= 0.3 is 0 Å². The molecule has 2 aliphatic rings. The number of piperidine rings is 1. The second-order valence-corrected chi connectivity index (χ2v) is 10.0. The number of carbonyl (C=O) groups is 1. The Morgan fingerprint density at radius 3 is 2.19 bits per heavy atom. The van der Waals surface area contributed by atoms with Crippen molar-refractivity contribution >= 4 is 5.91 Å². The van der Waals surface area contributed by atoms with E-state index in [1.165, 1.54) is 36.8 Å². The highest BCUT2D eigenvalue weighted by molar-refractivity contribution is 5.95. The Kier molecular flexibility index (Phi) is 7.64. The molecule has 2 aromatic rings. The summed E-state index contributed by atoms with van der Waals surface area (Å²) < 4.78 is 0. The summed E-state index contributed by atoms with van der Waals surface area (Å²) in [5, 5.41) is 0. The molecule has 1 amide bonds. The van der Waals surface area contributed by atoms with Crippen molar-refractivity contribution in [3.63, 3.8) is 0 Å². The Bertz CT molecular complexity index is 876. The Labute approximate surface area is 194 Å². The molecular weight excluding hydrogens is 394 g/mol. The van der Waals surface area contributed by atoms with E-state index >= 15 is 0 Å². The van der Waals surface area contributed by atoms with Gasteiger partial charge in [-0.2, -0.15) is 0 Å². The zero-order valence-corrected chi connectivity index (χ0v) is 20.1. The zero-order valence-electron chi connectivity index (χ0n) is 20.1. The molecule has 0 bridgehead atoms. The van der Waals surface area contributed by atoms with Gasteiger partial charge in [-0.05, 0) is 101 Å². The molecule has 0 radical (unpaired) electrons. The van der Waals surface area contributed by atoms with Gasteiger partial charge in [0, 0.05) is 24.7 Å². The second kappa shape index (κ2) is 10.6.